The first-order valence-corrected chi connectivity index (χ1v) is 9.79. The third-order valence-corrected chi connectivity index (χ3v) is 5.49. The second kappa shape index (κ2) is 7.91. The van der Waals surface area contributed by atoms with Crippen molar-refractivity contribution in [2.75, 3.05) is 12.4 Å². The quantitative estimate of drug-likeness (QED) is 0.370. The summed E-state index contributed by atoms with van der Waals surface area (Å²) in [4.78, 5) is 27.8. The number of aryl methyl sites for hydroxylation is 1. The molecule has 0 atom stereocenters. The molecule has 0 aliphatic carbocycles. The molecule has 10 heteroatoms. The topological polar surface area (TPSA) is 112 Å². The van der Waals surface area contributed by atoms with E-state index in [-0.39, 0.29) is 18.3 Å². The number of nitrogens with one attached hydrogen (secondary N) is 1. The number of methoxy groups -OCH3 is 1. The molecule has 0 saturated carbocycles. The number of amides is 1. The van der Waals surface area contributed by atoms with Crippen LogP contribution in [0.1, 0.15) is 21.6 Å². The average molecular weight is 423 g/mol. The number of aromatic nitrogens is 3. The Labute approximate surface area is 175 Å². The molecule has 2 heterocycles. The lowest BCUT2D eigenvalue weighted by Gasteiger charge is -2.08. The van der Waals surface area contributed by atoms with Crippen molar-refractivity contribution in [1.29, 1.82) is 0 Å². The summed E-state index contributed by atoms with van der Waals surface area (Å²) in [6.45, 7) is 1.97. The summed E-state index contributed by atoms with van der Waals surface area (Å²) >= 11 is 1.35. The number of rotatable bonds is 6. The summed E-state index contributed by atoms with van der Waals surface area (Å²) in [5, 5.41) is 18.3. The molecule has 0 spiro atoms. The van der Waals surface area contributed by atoms with Crippen LogP contribution in [0.5, 0.6) is 5.75 Å². The summed E-state index contributed by atoms with van der Waals surface area (Å²) in [5.74, 6) is 0.188. The van der Waals surface area contributed by atoms with Crippen LogP contribution in [0.3, 0.4) is 0 Å². The molecule has 2 aromatic heterocycles. The van der Waals surface area contributed by atoms with E-state index in [1.165, 1.54) is 22.1 Å². The molecule has 9 nitrogen and oxygen atoms in total. The number of benzene rings is 2. The highest BCUT2D eigenvalue weighted by Gasteiger charge is 2.19. The van der Waals surface area contributed by atoms with E-state index in [0.717, 1.165) is 16.0 Å². The largest absolute Gasteiger partial charge is 0.497 e. The number of carbonyl (C=O) groups is 1. The van der Waals surface area contributed by atoms with Crippen LogP contribution in [-0.2, 0) is 6.54 Å². The maximum atomic E-state index is 12.9. The number of nitro groups is 1. The van der Waals surface area contributed by atoms with E-state index in [1.54, 1.807) is 32.2 Å². The van der Waals surface area contributed by atoms with Gasteiger partial charge in [-0.2, -0.15) is 4.68 Å². The Hall–Kier alpha value is -3.79. The van der Waals surface area contributed by atoms with Gasteiger partial charge in [-0.1, -0.05) is 29.5 Å². The van der Waals surface area contributed by atoms with Gasteiger partial charge in [-0.05, 0) is 41.7 Å². The smallest absolute Gasteiger partial charge is 0.390 e. The van der Waals surface area contributed by atoms with Crippen molar-refractivity contribution in [1.82, 2.24) is 14.8 Å². The molecule has 0 unspecified atom stereocenters. The minimum Gasteiger partial charge on any atom is -0.497 e. The summed E-state index contributed by atoms with van der Waals surface area (Å²) in [7, 11) is 1.59. The van der Waals surface area contributed by atoms with E-state index < -0.39 is 4.92 Å². The van der Waals surface area contributed by atoms with E-state index in [2.05, 4.69) is 15.4 Å². The summed E-state index contributed by atoms with van der Waals surface area (Å²) < 4.78 is 7.63. The molecule has 1 amide bonds. The highest BCUT2D eigenvalue weighted by Crippen LogP contribution is 2.29. The van der Waals surface area contributed by atoms with Gasteiger partial charge in [-0.15, -0.1) is 0 Å². The predicted octanol–water partition coefficient (Wildman–Crippen LogP) is 4.02. The van der Waals surface area contributed by atoms with Crippen LogP contribution in [0.15, 0.2) is 48.5 Å². The maximum Gasteiger partial charge on any atom is 0.390 e. The van der Waals surface area contributed by atoms with E-state index in [1.807, 2.05) is 24.3 Å². The zero-order valence-corrected chi connectivity index (χ0v) is 17.0. The third kappa shape index (κ3) is 3.85. The van der Waals surface area contributed by atoms with Crippen LogP contribution in [0.2, 0.25) is 0 Å². The second-order valence-electron chi connectivity index (χ2n) is 6.52. The molecule has 0 saturated heterocycles. The van der Waals surface area contributed by atoms with Gasteiger partial charge in [0.1, 0.15) is 5.75 Å². The first-order chi connectivity index (χ1) is 14.4. The maximum absolute atomic E-state index is 12.9. The Kier molecular flexibility index (Phi) is 5.15. The summed E-state index contributed by atoms with van der Waals surface area (Å²) in [5.41, 5.74) is 2.55. The number of fused-ring (bicyclic) bond motifs is 1. The zero-order valence-electron chi connectivity index (χ0n) is 16.2. The lowest BCUT2D eigenvalue weighted by molar-refractivity contribution is -0.389. The molecule has 0 aliphatic rings. The summed E-state index contributed by atoms with van der Waals surface area (Å²) in [6.07, 6.45) is 0. The van der Waals surface area contributed by atoms with Gasteiger partial charge in [-0.25, -0.2) is 4.98 Å². The molecular formula is C20H17N5O4S. The molecule has 0 fully saturated rings. The number of thiazole rings is 1. The fourth-order valence-corrected chi connectivity index (χ4v) is 3.92. The van der Waals surface area contributed by atoms with Gasteiger partial charge in [0.05, 0.1) is 40.7 Å². The SMILES string of the molecule is COc1ccc2nc(NC(=O)c3ccccc3Cn3nc([N+](=O)[O-])cc3C)sc2c1. The number of nitrogens with zero attached hydrogens (tertiary/aromatic N) is 4. The standard InChI is InChI=1S/C20H17N5O4S/c1-12-9-18(25(27)28)23-24(12)11-13-5-3-4-6-15(13)19(26)22-20-21-16-8-7-14(29-2)10-17(16)30-20/h3-10H,11H2,1-2H3,(H,21,22,26). The van der Waals surface area contributed by atoms with Gasteiger partial charge < -0.3 is 14.9 Å². The van der Waals surface area contributed by atoms with Crippen LogP contribution in [0.4, 0.5) is 10.9 Å². The lowest BCUT2D eigenvalue weighted by Crippen LogP contribution is -2.16. The molecule has 0 radical (unpaired) electrons. The highest BCUT2D eigenvalue weighted by molar-refractivity contribution is 7.22. The Balaban J connectivity index is 1.59. The number of hydrogen-bond acceptors (Lipinski definition) is 7. The van der Waals surface area contributed by atoms with Crippen molar-refractivity contribution in [2.24, 2.45) is 0 Å². The zero-order chi connectivity index (χ0) is 21.3. The Bertz CT molecular complexity index is 1260. The van der Waals surface area contributed by atoms with Gasteiger partial charge in [0.2, 0.25) is 0 Å². The van der Waals surface area contributed by atoms with Crippen molar-refractivity contribution in [3.05, 3.63) is 75.5 Å². The van der Waals surface area contributed by atoms with E-state index >= 15 is 0 Å². The van der Waals surface area contributed by atoms with Crippen molar-refractivity contribution < 1.29 is 14.5 Å². The molecule has 0 bridgehead atoms. The van der Waals surface area contributed by atoms with E-state index in [0.29, 0.717) is 22.0 Å². The van der Waals surface area contributed by atoms with Crippen molar-refractivity contribution >= 4 is 38.4 Å². The van der Waals surface area contributed by atoms with E-state index in [4.69, 9.17) is 4.74 Å². The van der Waals surface area contributed by atoms with Gasteiger partial charge in [0, 0.05) is 5.56 Å². The number of carbonyl (C=O) groups excluding carboxylic acids is 1. The number of anilines is 1. The molecule has 0 aliphatic heterocycles. The lowest BCUT2D eigenvalue weighted by atomic mass is 10.1. The molecule has 4 aromatic rings. The van der Waals surface area contributed by atoms with Gasteiger partial charge >= 0.3 is 5.82 Å². The van der Waals surface area contributed by atoms with E-state index in [9.17, 15) is 14.9 Å². The fraction of sp³-hybridized carbons (Fsp3) is 0.150. The fourth-order valence-electron chi connectivity index (χ4n) is 3.03. The van der Waals surface area contributed by atoms with Gasteiger partial charge in [0.25, 0.3) is 5.91 Å². The molecule has 4 rings (SSSR count). The monoisotopic (exact) mass is 423 g/mol. The minimum atomic E-state index is -0.537. The van der Waals surface area contributed by atoms with Crippen molar-refractivity contribution in [2.45, 2.75) is 13.5 Å². The Morgan fingerprint density at radius 3 is 2.80 bits per heavy atom. The van der Waals surface area contributed by atoms with Crippen LogP contribution < -0.4 is 10.1 Å². The average Bonchev–Trinajstić information content (AvgIpc) is 3.30. The Morgan fingerprint density at radius 2 is 2.07 bits per heavy atom. The minimum absolute atomic E-state index is 0.223. The van der Waals surface area contributed by atoms with Crippen LogP contribution in [-0.4, -0.2) is 32.7 Å². The molecular weight excluding hydrogens is 406 g/mol. The number of hydrogen-bond donors (Lipinski definition) is 1. The Morgan fingerprint density at radius 1 is 1.27 bits per heavy atom. The number of ether oxygens (including phenoxy) is 1. The first-order valence-electron chi connectivity index (χ1n) is 8.97. The third-order valence-electron chi connectivity index (χ3n) is 4.55. The van der Waals surface area contributed by atoms with Gasteiger partial charge in [0.15, 0.2) is 5.13 Å². The second-order valence-corrected chi connectivity index (χ2v) is 7.55. The predicted molar refractivity (Wildman–Crippen MR) is 113 cm³/mol. The van der Waals surface area contributed by atoms with Crippen molar-refractivity contribution in [3.63, 3.8) is 0 Å². The normalized spacial score (nSPS) is 10.9. The first kappa shape index (κ1) is 19.5. The van der Waals surface area contributed by atoms with Gasteiger partial charge in [-0.3, -0.25) is 10.1 Å². The molecule has 30 heavy (non-hydrogen) atoms. The molecule has 2 aromatic carbocycles. The molecule has 1 N–H and O–H groups in total. The highest BCUT2D eigenvalue weighted by atomic mass is 32.1. The van der Waals surface area contributed by atoms with Crippen LogP contribution in [0.25, 0.3) is 10.2 Å². The van der Waals surface area contributed by atoms with Crippen LogP contribution >= 0.6 is 11.3 Å². The van der Waals surface area contributed by atoms with Crippen molar-refractivity contribution in [3.8, 4) is 5.75 Å². The van der Waals surface area contributed by atoms with Crippen LogP contribution in [0, 0.1) is 17.0 Å². The molecule has 152 valence electrons. The summed E-state index contributed by atoms with van der Waals surface area (Å²) in [6, 6.07) is 14.0.